The number of carboxylic acid groups (broad SMARTS) is 1. The number of likely N-dealkylation sites (tertiary alicyclic amines) is 1. The Morgan fingerprint density at radius 2 is 1.65 bits per heavy atom. The van der Waals surface area contributed by atoms with Crippen molar-refractivity contribution in [3.63, 3.8) is 0 Å². The average Bonchev–Trinajstić information content (AvgIpc) is 3.87. The van der Waals surface area contributed by atoms with E-state index in [1.54, 1.807) is 59.5 Å². The smallest absolute Gasteiger partial charge is 0.352 e. The number of tetrazole rings is 1. The summed E-state index contributed by atoms with van der Waals surface area (Å²) in [6.07, 6.45) is 3.76. The van der Waals surface area contributed by atoms with E-state index in [0.717, 1.165) is 19.3 Å². The largest absolute Gasteiger partial charge is 0.477 e. The maximum atomic E-state index is 14.1. The van der Waals surface area contributed by atoms with Crippen LogP contribution >= 0.6 is 11.6 Å². The van der Waals surface area contributed by atoms with Gasteiger partial charge in [0.05, 0.1) is 11.4 Å². The maximum Gasteiger partial charge on any atom is 0.352 e. The Kier molecular flexibility index (Phi) is 10.7. The number of aromatic nitrogens is 5. The van der Waals surface area contributed by atoms with Crippen LogP contribution in [-0.2, 0) is 20.8 Å². The van der Waals surface area contributed by atoms with Gasteiger partial charge in [-0.2, -0.15) is 4.68 Å². The molecule has 0 spiro atoms. The maximum absolute atomic E-state index is 14.1. The highest BCUT2D eigenvalue weighted by Crippen LogP contribution is 2.30. The van der Waals surface area contributed by atoms with Gasteiger partial charge in [-0.15, -0.1) is 5.10 Å². The number of piperazine rings is 1. The normalized spacial score (nSPS) is 15.7. The Hall–Kier alpha value is -6.33. The number of anilines is 3. The van der Waals surface area contributed by atoms with Gasteiger partial charge in [-0.3, -0.25) is 14.4 Å². The lowest BCUT2D eigenvalue weighted by Gasteiger charge is -2.38. The number of aromatic carboxylic acids is 1. The number of halogens is 1. The van der Waals surface area contributed by atoms with Crippen LogP contribution in [-0.4, -0.2) is 114 Å². The van der Waals surface area contributed by atoms with Crippen LogP contribution in [0.1, 0.15) is 35.3 Å². The molecule has 0 radical (unpaired) electrons. The molecule has 1 atom stereocenters. The Morgan fingerprint density at radius 3 is 2.36 bits per heavy atom. The third-order valence-electron chi connectivity index (χ3n) is 9.95. The number of piperidine rings is 1. The first-order valence-corrected chi connectivity index (χ1v) is 18.0. The topological polar surface area (TPSA) is 219 Å². The zero-order chi connectivity index (χ0) is 38.6. The molecule has 7 rings (SSSR count). The zero-order valence-electron chi connectivity index (χ0n) is 29.4. The summed E-state index contributed by atoms with van der Waals surface area (Å²) in [5, 5.41) is 36.5. The summed E-state index contributed by atoms with van der Waals surface area (Å²) in [6.45, 7) is 1.35. The highest BCUT2D eigenvalue weighted by molar-refractivity contribution is 6.41. The predicted molar refractivity (Wildman–Crippen MR) is 201 cm³/mol. The first-order chi connectivity index (χ1) is 26.6. The molecule has 2 aliphatic heterocycles. The Bertz CT molecular complexity index is 2240. The molecule has 0 unspecified atom stereocenters. The fourth-order valence-corrected chi connectivity index (χ4v) is 7.17. The molecule has 4 heterocycles. The minimum absolute atomic E-state index is 0.00776. The van der Waals surface area contributed by atoms with E-state index >= 15 is 0 Å². The highest BCUT2D eigenvalue weighted by atomic mass is 35.5. The number of aliphatic hydroxyl groups excluding tert-OH is 1. The number of nitrogens with zero attached hydrogens (tertiary/aromatic N) is 7. The lowest BCUT2D eigenvalue weighted by Crippen LogP contribution is -2.60. The number of carbonyl (C=O) groups is 5. The van der Waals surface area contributed by atoms with Gasteiger partial charge in [0.25, 0.3) is 0 Å². The molecule has 18 heteroatoms. The quantitative estimate of drug-likeness (QED) is 0.123. The van der Waals surface area contributed by atoms with Crippen molar-refractivity contribution in [2.45, 2.75) is 31.7 Å². The van der Waals surface area contributed by atoms with Crippen LogP contribution in [0.4, 0.5) is 21.9 Å². The van der Waals surface area contributed by atoms with Gasteiger partial charge in [0.1, 0.15) is 18.1 Å². The molecule has 2 fully saturated rings. The van der Waals surface area contributed by atoms with Crippen molar-refractivity contribution in [1.29, 1.82) is 0 Å². The molecule has 55 heavy (non-hydrogen) atoms. The van der Waals surface area contributed by atoms with E-state index in [4.69, 9.17) is 11.6 Å². The first kappa shape index (κ1) is 37.0. The number of benzene rings is 3. The van der Waals surface area contributed by atoms with E-state index in [2.05, 4.69) is 31.1 Å². The van der Waals surface area contributed by atoms with Gasteiger partial charge in [0.15, 0.2) is 0 Å². The Balaban J connectivity index is 1.11. The molecule has 3 aromatic carbocycles. The molecule has 2 aliphatic rings. The van der Waals surface area contributed by atoms with Crippen LogP contribution in [0.2, 0.25) is 5.02 Å². The van der Waals surface area contributed by atoms with Gasteiger partial charge < -0.3 is 40.5 Å². The van der Waals surface area contributed by atoms with Crippen molar-refractivity contribution in [3.8, 4) is 5.69 Å². The van der Waals surface area contributed by atoms with Crippen molar-refractivity contribution in [2.24, 2.45) is 5.92 Å². The third kappa shape index (κ3) is 8.12. The van der Waals surface area contributed by atoms with Crippen molar-refractivity contribution in [1.82, 2.24) is 35.0 Å². The number of aromatic amines is 1. The van der Waals surface area contributed by atoms with E-state index in [1.165, 1.54) is 32.9 Å². The van der Waals surface area contributed by atoms with Gasteiger partial charge >= 0.3 is 23.8 Å². The SMILES string of the molecule is O=C(O)c1cc2cc(NC(=O)[C@H](Cc3ccc(NC(=O)N4CCC(CCO)CC4)cc3)N3CCN(c4cc(Cl)ccc4-n4cnnn4)C(=O)C3=O)ccc2[nH]1. The van der Waals surface area contributed by atoms with Crippen molar-refractivity contribution in [2.75, 3.05) is 48.3 Å². The molecule has 2 aromatic heterocycles. The van der Waals surface area contributed by atoms with Crippen molar-refractivity contribution >= 4 is 69.3 Å². The molecule has 5 amide bonds. The van der Waals surface area contributed by atoms with Gasteiger partial charge in [-0.25, -0.2) is 9.59 Å². The van der Waals surface area contributed by atoms with Crippen LogP contribution in [0.15, 0.2) is 73.1 Å². The van der Waals surface area contributed by atoms with E-state index < -0.39 is 29.7 Å². The Morgan fingerprint density at radius 1 is 0.891 bits per heavy atom. The molecular weight excluding hydrogens is 732 g/mol. The number of H-pyrrole nitrogens is 1. The summed E-state index contributed by atoms with van der Waals surface area (Å²) in [6, 6.07) is 16.6. The predicted octanol–water partition coefficient (Wildman–Crippen LogP) is 3.55. The summed E-state index contributed by atoms with van der Waals surface area (Å²) >= 11 is 6.31. The fourth-order valence-electron chi connectivity index (χ4n) is 7.01. The van der Waals surface area contributed by atoms with Gasteiger partial charge in [0.2, 0.25) is 5.91 Å². The number of carbonyl (C=O) groups excluding carboxylic acids is 4. The lowest BCUT2D eigenvalue weighted by atomic mass is 9.94. The van der Waals surface area contributed by atoms with E-state index in [1.807, 2.05) is 0 Å². The van der Waals surface area contributed by atoms with Crippen LogP contribution in [0.5, 0.6) is 0 Å². The highest BCUT2D eigenvalue weighted by Gasteiger charge is 2.40. The summed E-state index contributed by atoms with van der Waals surface area (Å²) in [7, 11) is 0. The second-order valence-electron chi connectivity index (χ2n) is 13.4. The molecule has 17 nitrogen and oxygen atoms in total. The van der Waals surface area contributed by atoms with Crippen LogP contribution < -0.4 is 15.5 Å². The van der Waals surface area contributed by atoms with Crippen molar-refractivity contribution in [3.05, 3.63) is 89.3 Å². The molecule has 0 bridgehead atoms. The number of carboxylic acids is 1. The molecule has 0 aliphatic carbocycles. The fraction of sp³-hybridized carbons (Fsp3) is 0.297. The monoisotopic (exact) mass is 768 g/mol. The van der Waals surface area contributed by atoms with Crippen LogP contribution in [0.25, 0.3) is 16.6 Å². The number of rotatable bonds is 11. The molecule has 2 saturated heterocycles. The minimum atomic E-state index is -1.14. The number of aliphatic hydroxyl groups is 1. The van der Waals surface area contributed by atoms with Crippen molar-refractivity contribution < 1.29 is 34.2 Å². The summed E-state index contributed by atoms with van der Waals surface area (Å²) in [4.78, 5) is 73.4. The molecule has 5 aromatic rings. The summed E-state index contributed by atoms with van der Waals surface area (Å²) < 4.78 is 1.35. The second kappa shape index (κ2) is 16.0. The number of nitrogens with one attached hydrogen (secondary N) is 3. The number of urea groups is 1. The summed E-state index contributed by atoms with van der Waals surface area (Å²) in [5.41, 5.74) is 2.85. The number of hydrogen-bond donors (Lipinski definition) is 5. The Labute approximate surface area is 318 Å². The minimum Gasteiger partial charge on any atom is -0.477 e. The average molecular weight is 769 g/mol. The molecular formula is C37H37ClN10O7. The molecule has 5 N–H and O–H groups in total. The lowest BCUT2D eigenvalue weighted by molar-refractivity contribution is -0.149. The second-order valence-corrected chi connectivity index (χ2v) is 13.8. The molecule has 284 valence electrons. The first-order valence-electron chi connectivity index (χ1n) is 17.7. The third-order valence-corrected chi connectivity index (χ3v) is 10.2. The number of amides is 5. The standard InChI is InChI=1S/C37H37ClN10O7/c38-25-3-8-30(48-21-39-43-44-48)31(20-25)46-14-15-47(35(52)34(46)51)32(33(50)40-27-6-7-28-24(18-27)19-29(42-28)36(53)54)17-23-1-4-26(5-2-23)41-37(55)45-12-9-22(10-13-45)11-16-49/h1-8,18-22,32,42,49H,9-17H2,(H,40,50)(H,41,55)(H,53,54)/t32-/m0/s1. The molecule has 0 saturated carbocycles. The van der Waals surface area contributed by atoms with E-state index in [9.17, 15) is 34.2 Å². The van der Waals surface area contributed by atoms with E-state index in [0.29, 0.717) is 63.2 Å². The number of hydrogen-bond acceptors (Lipinski definition) is 9. The van der Waals surface area contributed by atoms with Crippen LogP contribution in [0, 0.1) is 5.92 Å². The van der Waals surface area contributed by atoms with E-state index in [-0.39, 0.29) is 37.8 Å². The van der Waals surface area contributed by atoms with Crippen LogP contribution in [0.3, 0.4) is 0 Å². The van der Waals surface area contributed by atoms with Gasteiger partial charge in [0, 0.05) is 66.5 Å². The van der Waals surface area contributed by atoms with Gasteiger partial charge in [-0.05, 0) is 95.8 Å². The van der Waals surface area contributed by atoms with Gasteiger partial charge in [-0.1, -0.05) is 23.7 Å². The summed E-state index contributed by atoms with van der Waals surface area (Å²) in [5.74, 6) is -3.09. The number of fused-ring (bicyclic) bond motifs is 1. The zero-order valence-corrected chi connectivity index (χ0v) is 30.1.